The van der Waals surface area contributed by atoms with Gasteiger partial charge in [0.15, 0.2) is 0 Å². The monoisotopic (exact) mass is 236 g/mol. The van der Waals surface area contributed by atoms with Crippen molar-refractivity contribution in [3.8, 4) is 5.75 Å². The largest absolute Gasteiger partial charge is 0.507 e. The fraction of sp³-hybridized carbons (Fsp3) is 0.333. The molecule has 0 fully saturated rings. The quantitative estimate of drug-likeness (QED) is 0.716. The van der Waals surface area contributed by atoms with Crippen LogP contribution in [-0.2, 0) is 4.79 Å². The molecule has 0 saturated heterocycles. The van der Waals surface area contributed by atoms with E-state index in [4.69, 9.17) is 5.73 Å². The van der Waals surface area contributed by atoms with E-state index in [0.717, 1.165) is 0 Å². The number of nitrogens with two attached hydrogens (primary N) is 1. The minimum absolute atomic E-state index is 0.0955. The SMILES string of the molecule is CC(C)(CNC(=O)c1ccccc1O)C(N)=O. The molecule has 0 saturated carbocycles. The number of carbonyl (C=O) groups is 2. The molecule has 5 heteroatoms. The van der Waals surface area contributed by atoms with Crippen LogP contribution in [0.1, 0.15) is 24.2 Å². The Balaban J connectivity index is 2.69. The first-order valence-corrected chi connectivity index (χ1v) is 5.20. The highest BCUT2D eigenvalue weighted by atomic mass is 16.3. The number of primary amides is 1. The minimum Gasteiger partial charge on any atom is -0.507 e. The molecule has 1 rings (SSSR count). The van der Waals surface area contributed by atoms with Crippen molar-refractivity contribution in [1.29, 1.82) is 0 Å². The van der Waals surface area contributed by atoms with Gasteiger partial charge in [-0.05, 0) is 26.0 Å². The highest BCUT2D eigenvalue weighted by Gasteiger charge is 2.25. The summed E-state index contributed by atoms with van der Waals surface area (Å²) in [5, 5.41) is 12.0. The van der Waals surface area contributed by atoms with Gasteiger partial charge in [-0.2, -0.15) is 0 Å². The summed E-state index contributed by atoms with van der Waals surface area (Å²) >= 11 is 0. The Morgan fingerprint density at radius 3 is 2.47 bits per heavy atom. The summed E-state index contributed by atoms with van der Waals surface area (Å²) in [5.41, 5.74) is 4.54. The van der Waals surface area contributed by atoms with Crippen molar-refractivity contribution in [2.24, 2.45) is 11.1 Å². The molecular weight excluding hydrogens is 220 g/mol. The van der Waals surface area contributed by atoms with Crippen molar-refractivity contribution >= 4 is 11.8 Å². The number of para-hydroxylation sites is 1. The van der Waals surface area contributed by atoms with Gasteiger partial charge in [-0.3, -0.25) is 9.59 Å². The Morgan fingerprint density at radius 2 is 1.94 bits per heavy atom. The van der Waals surface area contributed by atoms with E-state index in [1.165, 1.54) is 12.1 Å². The molecule has 0 unspecified atom stereocenters. The maximum atomic E-state index is 11.7. The Labute approximate surface area is 99.6 Å². The Kier molecular flexibility index (Phi) is 3.73. The fourth-order valence-electron chi connectivity index (χ4n) is 1.15. The molecule has 0 aliphatic heterocycles. The number of carbonyl (C=O) groups excluding carboxylic acids is 2. The molecule has 0 aliphatic rings. The minimum atomic E-state index is -0.819. The Bertz CT molecular complexity index is 441. The molecule has 0 spiro atoms. The first-order valence-electron chi connectivity index (χ1n) is 5.20. The van der Waals surface area contributed by atoms with Crippen LogP contribution in [0.15, 0.2) is 24.3 Å². The lowest BCUT2D eigenvalue weighted by Crippen LogP contribution is -2.42. The number of benzene rings is 1. The summed E-state index contributed by atoms with van der Waals surface area (Å²) in [6.07, 6.45) is 0. The van der Waals surface area contributed by atoms with Crippen molar-refractivity contribution in [3.05, 3.63) is 29.8 Å². The van der Waals surface area contributed by atoms with Gasteiger partial charge in [0.25, 0.3) is 5.91 Å². The second-order valence-electron chi connectivity index (χ2n) is 4.45. The van der Waals surface area contributed by atoms with Crippen molar-refractivity contribution in [2.45, 2.75) is 13.8 Å². The zero-order chi connectivity index (χ0) is 13.1. The second kappa shape index (κ2) is 4.86. The van der Waals surface area contributed by atoms with Gasteiger partial charge >= 0.3 is 0 Å². The maximum absolute atomic E-state index is 11.7. The van der Waals surface area contributed by atoms with Crippen LogP contribution < -0.4 is 11.1 Å². The van der Waals surface area contributed by atoms with Gasteiger partial charge in [-0.1, -0.05) is 12.1 Å². The van der Waals surface area contributed by atoms with E-state index in [2.05, 4.69) is 5.32 Å². The molecule has 2 amide bonds. The topological polar surface area (TPSA) is 92.4 Å². The summed E-state index contributed by atoms with van der Waals surface area (Å²) in [5.74, 6) is -1.02. The number of hydrogen-bond acceptors (Lipinski definition) is 3. The van der Waals surface area contributed by atoms with Gasteiger partial charge < -0.3 is 16.2 Å². The van der Waals surface area contributed by atoms with E-state index in [1.54, 1.807) is 26.0 Å². The molecule has 1 aromatic rings. The number of aromatic hydroxyl groups is 1. The molecule has 0 aliphatic carbocycles. The third kappa shape index (κ3) is 3.21. The van der Waals surface area contributed by atoms with Crippen LogP contribution >= 0.6 is 0 Å². The van der Waals surface area contributed by atoms with Crippen LogP contribution in [0.4, 0.5) is 0 Å². The average molecular weight is 236 g/mol. The van der Waals surface area contributed by atoms with Crippen LogP contribution in [0.2, 0.25) is 0 Å². The van der Waals surface area contributed by atoms with Crippen LogP contribution in [0.5, 0.6) is 5.75 Å². The molecule has 5 nitrogen and oxygen atoms in total. The van der Waals surface area contributed by atoms with Gasteiger partial charge in [0.1, 0.15) is 5.75 Å². The molecular formula is C12H16N2O3. The van der Waals surface area contributed by atoms with Gasteiger partial charge in [0, 0.05) is 6.54 Å². The molecule has 0 bridgehead atoms. The predicted molar refractivity (Wildman–Crippen MR) is 63.4 cm³/mol. The first-order chi connectivity index (χ1) is 7.84. The number of phenols is 1. The lowest BCUT2D eigenvalue weighted by atomic mass is 9.92. The van der Waals surface area contributed by atoms with Crippen LogP contribution in [0.25, 0.3) is 0 Å². The summed E-state index contributed by atoms with van der Waals surface area (Å²) in [6.45, 7) is 3.40. The fourth-order valence-corrected chi connectivity index (χ4v) is 1.15. The summed E-state index contributed by atoms with van der Waals surface area (Å²) in [4.78, 5) is 22.8. The van der Waals surface area contributed by atoms with Gasteiger partial charge in [-0.25, -0.2) is 0 Å². The molecule has 0 aromatic heterocycles. The van der Waals surface area contributed by atoms with Crippen LogP contribution in [0.3, 0.4) is 0 Å². The van der Waals surface area contributed by atoms with Gasteiger partial charge in [-0.15, -0.1) is 0 Å². The number of amides is 2. The molecule has 1 aromatic carbocycles. The maximum Gasteiger partial charge on any atom is 0.255 e. The molecule has 0 radical (unpaired) electrons. The Hall–Kier alpha value is -2.04. The molecule has 0 atom stereocenters. The first kappa shape index (κ1) is 13.0. The third-order valence-corrected chi connectivity index (χ3v) is 2.51. The third-order valence-electron chi connectivity index (χ3n) is 2.51. The smallest absolute Gasteiger partial charge is 0.255 e. The van der Waals surface area contributed by atoms with Gasteiger partial charge in [0.05, 0.1) is 11.0 Å². The lowest BCUT2D eigenvalue weighted by molar-refractivity contribution is -0.125. The van der Waals surface area contributed by atoms with E-state index in [0.29, 0.717) is 0 Å². The summed E-state index contributed by atoms with van der Waals surface area (Å²) in [6, 6.07) is 6.20. The van der Waals surface area contributed by atoms with Crippen molar-refractivity contribution in [1.82, 2.24) is 5.32 Å². The summed E-state index contributed by atoms with van der Waals surface area (Å²) in [7, 11) is 0. The van der Waals surface area contributed by atoms with E-state index in [9.17, 15) is 14.7 Å². The normalized spacial score (nSPS) is 10.9. The number of rotatable bonds is 4. The number of nitrogens with one attached hydrogen (secondary N) is 1. The van der Waals surface area contributed by atoms with E-state index < -0.39 is 17.2 Å². The average Bonchev–Trinajstić information content (AvgIpc) is 2.26. The summed E-state index contributed by atoms with van der Waals surface area (Å²) < 4.78 is 0. The van der Waals surface area contributed by atoms with Crippen molar-refractivity contribution < 1.29 is 14.7 Å². The zero-order valence-electron chi connectivity index (χ0n) is 9.86. The predicted octanol–water partition coefficient (Wildman–Crippen LogP) is 0.633. The molecule has 0 heterocycles. The lowest BCUT2D eigenvalue weighted by Gasteiger charge is -2.20. The van der Waals surface area contributed by atoms with Crippen LogP contribution in [-0.4, -0.2) is 23.5 Å². The molecule has 17 heavy (non-hydrogen) atoms. The zero-order valence-corrected chi connectivity index (χ0v) is 9.86. The standard InChI is InChI=1S/C12H16N2O3/c1-12(2,11(13)17)7-14-10(16)8-5-3-4-6-9(8)15/h3-6,15H,7H2,1-2H3,(H2,13,17)(H,14,16). The number of phenolic OH excluding ortho intramolecular Hbond substituents is 1. The highest BCUT2D eigenvalue weighted by Crippen LogP contribution is 2.16. The van der Waals surface area contributed by atoms with E-state index in [1.807, 2.05) is 0 Å². The highest BCUT2D eigenvalue weighted by molar-refractivity contribution is 5.97. The van der Waals surface area contributed by atoms with Gasteiger partial charge in [0.2, 0.25) is 5.91 Å². The Morgan fingerprint density at radius 1 is 1.35 bits per heavy atom. The number of hydrogen-bond donors (Lipinski definition) is 3. The molecule has 4 N–H and O–H groups in total. The van der Waals surface area contributed by atoms with E-state index >= 15 is 0 Å². The van der Waals surface area contributed by atoms with Crippen LogP contribution in [0, 0.1) is 5.41 Å². The molecule has 92 valence electrons. The second-order valence-corrected chi connectivity index (χ2v) is 4.45. The van der Waals surface area contributed by atoms with E-state index in [-0.39, 0.29) is 17.9 Å². The van der Waals surface area contributed by atoms with Crippen molar-refractivity contribution in [3.63, 3.8) is 0 Å². The van der Waals surface area contributed by atoms with Crippen molar-refractivity contribution in [2.75, 3.05) is 6.54 Å².